The zero-order valence-electron chi connectivity index (χ0n) is 12.6. The molecule has 0 unspecified atom stereocenters. The molecule has 2 amide bonds. The lowest BCUT2D eigenvalue weighted by atomic mass is 10.1. The predicted molar refractivity (Wildman–Crippen MR) is 79.8 cm³/mol. The number of nitrogens with one attached hydrogen (secondary N) is 2. The molecule has 0 aromatic heterocycles. The van der Waals surface area contributed by atoms with Gasteiger partial charge in [0.05, 0.1) is 6.54 Å². The Kier molecular flexibility index (Phi) is 6.18. The zero-order chi connectivity index (χ0) is 15.1. The third-order valence-electron chi connectivity index (χ3n) is 3.06. The Morgan fingerprint density at radius 3 is 2.40 bits per heavy atom. The minimum atomic E-state index is -0.226. The third-order valence-corrected chi connectivity index (χ3v) is 3.06. The number of hydrogen-bond donors (Lipinski definition) is 2. The maximum absolute atomic E-state index is 11.9. The zero-order valence-corrected chi connectivity index (χ0v) is 12.6. The SMILES string of the molecule is Cc1ccc(C(=O)NCC(=O)NCCN(C)C)cc1C. The number of aryl methyl sites for hydroxylation is 2. The minimum Gasteiger partial charge on any atom is -0.353 e. The average molecular weight is 277 g/mol. The summed E-state index contributed by atoms with van der Waals surface area (Å²) in [5.41, 5.74) is 2.78. The number of amides is 2. The van der Waals surface area contributed by atoms with E-state index in [0.717, 1.165) is 17.7 Å². The van der Waals surface area contributed by atoms with E-state index >= 15 is 0 Å². The maximum atomic E-state index is 11.9. The fourth-order valence-corrected chi connectivity index (χ4v) is 1.63. The second-order valence-electron chi connectivity index (χ2n) is 5.13. The second-order valence-corrected chi connectivity index (χ2v) is 5.13. The Bertz CT molecular complexity index is 484. The van der Waals surface area contributed by atoms with Gasteiger partial charge in [-0.3, -0.25) is 9.59 Å². The van der Waals surface area contributed by atoms with Crippen molar-refractivity contribution < 1.29 is 9.59 Å². The highest BCUT2D eigenvalue weighted by molar-refractivity contribution is 5.96. The fourth-order valence-electron chi connectivity index (χ4n) is 1.63. The average Bonchev–Trinajstić information content (AvgIpc) is 2.38. The van der Waals surface area contributed by atoms with Gasteiger partial charge in [-0.1, -0.05) is 6.07 Å². The first-order valence-electron chi connectivity index (χ1n) is 6.67. The van der Waals surface area contributed by atoms with E-state index in [0.29, 0.717) is 12.1 Å². The molecule has 0 bridgehead atoms. The molecule has 0 heterocycles. The van der Waals surface area contributed by atoms with Crippen LogP contribution in [0.3, 0.4) is 0 Å². The molecular formula is C15H23N3O2. The first-order valence-corrected chi connectivity index (χ1v) is 6.67. The monoisotopic (exact) mass is 277 g/mol. The quantitative estimate of drug-likeness (QED) is 0.805. The highest BCUT2D eigenvalue weighted by atomic mass is 16.2. The molecule has 2 N–H and O–H groups in total. The second kappa shape index (κ2) is 7.65. The lowest BCUT2D eigenvalue weighted by Crippen LogP contribution is -2.39. The number of carbonyl (C=O) groups excluding carboxylic acids is 2. The molecule has 20 heavy (non-hydrogen) atoms. The summed E-state index contributed by atoms with van der Waals surface area (Å²) in [5, 5.41) is 5.36. The Hall–Kier alpha value is -1.88. The fraction of sp³-hybridized carbons (Fsp3) is 0.467. The molecule has 1 rings (SSSR count). The minimum absolute atomic E-state index is 0.000808. The van der Waals surface area contributed by atoms with E-state index in [2.05, 4.69) is 10.6 Å². The Balaban J connectivity index is 2.39. The smallest absolute Gasteiger partial charge is 0.251 e. The molecule has 5 nitrogen and oxygen atoms in total. The molecule has 1 aromatic carbocycles. The van der Waals surface area contributed by atoms with Crippen molar-refractivity contribution in [2.45, 2.75) is 13.8 Å². The van der Waals surface area contributed by atoms with Crippen LogP contribution >= 0.6 is 0 Å². The van der Waals surface area contributed by atoms with Gasteiger partial charge in [0.2, 0.25) is 5.91 Å². The van der Waals surface area contributed by atoms with Crippen molar-refractivity contribution >= 4 is 11.8 Å². The van der Waals surface area contributed by atoms with Crippen molar-refractivity contribution in [3.8, 4) is 0 Å². The van der Waals surface area contributed by atoms with Crippen LogP contribution in [-0.2, 0) is 4.79 Å². The van der Waals surface area contributed by atoms with Gasteiger partial charge in [-0.05, 0) is 51.2 Å². The van der Waals surface area contributed by atoms with Gasteiger partial charge < -0.3 is 15.5 Å². The summed E-state index contributed by atoms with van der Waals surface area (Å²) in [4.78, 5) is 25.4. The van der Waals surface area contributed by atoms with Gasteiger partial charge in [0.25, 0.3) is 5.91 Å². The molecule has 0 spiro atoms. The predicted octanol–water partition coefficient (Wildman–Crippen LogP) is 0.711. The van der Waals surface area contributed by atoms with Crippen molar-refractivity contribution in [3.63, 3.8) is 0 Å². The summed E-state index contributed by atoms with van der Waals surface area (Å²) in [6.07, 6.45) is 0. The van der Waals surface area contributed by atoms with E-state index in [1.807, 2.05) is 45.0 Å². The highest BCUT2D eigenvalue weighted by Gasteiger charge is 2.08. The number of benzene rings is 1. The van der Waals surface area contributed by atoms with Crippen LogP contribution in [0, 0.1) is 13.8 Å². The summed E-state index contributed by atoms with van der Waals surface area (Å²) in [6, 6.07) is 5.50. The molecule has 0 saturated carbocycles. The summed E-state index contributed by atoms with van der Waals surface area (Å²) in [5.74, 6) is -0.403. The van der Waals surface area contributed by atoms with E-state index in [1.54, 1.807) is 6.07 Å². The summed E-state index contributed by atoms with van der Waals surface area (Å²) < 4.78 is 0. The number of likely N-dealkylation sites (N-methyl/N-ethyl adjacent to an activating group) is 1. The first kappa shape index (κ1) is 16.2. The van der Waals surface area contributed by atoms with Gasteiger partial charge in [0, 0.05) is 18.7 Å². The van der Waals surface area contributed by atoms with Crippen LogP contribution in [0.5, 0.6) is 0 Å². The van der Waals surface area contributed by atoms with Gasteiger partial charge in [0.1, 0.15) is 0 Å². The van der Waals surface area contributed by atoms with Crippen LogP contribution in [-0.4, -0.2) is 50.4 Å². The molecule has 110 valence electrons. The van der Waals surface area contributed by atoms with Gasteiger partial charge in [-0.25, -0.2) is 0 Å². The summed E-state index contributed by atoms with van der Waals surface area (Å²) in [6.45, 7) is 5.30. The normalized spacial score (nSPS) is 10.4. The van der Waals surface area contributed by atoms with Crippen LogP contribution in [0.1, 0.15) is 21.5 Å². The molecule has 0 aliphatic rings. The van der Waals surface area contributed by atoms with Gasteiger partial charge in [-0.15, -0.1) is 0 Å². The van der Waals surface area contributed by atoms with Gasteiger partial charge in [0.15, 0.2) is 0 Å². The summed E-state index contributed by atoms with van der Waals surface area (Å²) >= 11 is 0. The number of nitrogens with zero attached hydrogens (tertiary/aromatic N) is 1. The largest absolute Gasteiger partial charge is 0.353 e. The van der Waals surface area contributed by atoms with Crippen molar-refractivity contribution in [2.24, 2.45) is 0 Å². The van der Waals surface area contributed by atoms with E-state index in [1.165, 1.54) is 0 Å². The molecular weight excluding hydrogens is 254 g/mol. The number of carbonyl (C=O) groups is 2. The van der Waals surface area contributed by atoms with Crippen molar-refractivity contribution in [2.75, 3.05) is 33.7 Å². The molecule has 0 saturated heterocycles. The van der Waals surface area contributed by atoms with E-state index in [-0.39, 0.29) is 18.4 Å². The molecule has 0 atom stereocenters. The van der Waals surface area contributed by atoms with E-state index in [9.17, 15) is 9.59 Å². The number of rotatable bonds is 6. The molecule has 5 heteroatoms. The highest BCUT2D eigenvalue weighted by Crippen LogP contribution is 2.09. The Morgan fingerprint density at radius 1 is 1.10 bits per heavy atom. The van der Waals surface area contributed by atoms with Crippen molar-refractivity contribution in [1.82, 2.24) is 15.5 Å². The summed E-state index contributed by atoms with van der Waals surface area (Å²) in [7, 11) is 3.88. The molecule has 0 radical (unpaired) electrons. The van der Waals surface area contributed by atoms with Crippen molar-refractivity contribution in [1.29, 1.82) is 0 Å². The van der Waals surface area contributed by atoms with Gasteiger partial charge >= 0.3 is 0 Å². The maximum Gasteiger partial charge on any atom is 0.251 e. The Labute approximate surface area is 120 Å². The van der Waals surface area contributed by atoms with E-state index in [4.69, 9.17) is 0 Å². The van der Waals surface area contributed by atoms with Crippen LogP contribution in [0.4, 0.5) is 0 Å². The van der Waals surface area contributed by atoms with Crippen LogP contribution in [0.2, 0.25) is 0 Å². The molecule has 0 aliphatic heterocycles. The standard InChI is InChI=1S/C15H23N3O2/c1-11-5-6-13(9-12(11)2)15(20)17-10-14(19)16-7-8-18(3)4/h5-6,9H,7-8,10H2,1-4H3,(H,16,19)(H,17,20). The topological polar surface area (TPSA) is 61.4 Å². The molecule has 1 aromatic rings. The molecule has 0 fully saturated rings. The van der Waals surface area contributed by atoms with Crippen LogP contribution in [0.15, 0.2) is 18.2 Å². The van der Waals surface area contributed by atoms with Crippen LogP contribution < -0.4 is 10.6 Å². The number of hydrogen-bond acceptors (Lipinski definition) is 3. The van der Waals surface area contributed by atoms with E-state index < -0.39 is 0 Å². The lowest BCUT2D eigenvalue weighted by Gasteiger charge is -2.11. The molecule has 0 aliphatic carbocycles. The Morgan fingerprint density at radius 2 is 1.80 bits per heavy atom. The third kappa shape index (κ3) is 5.40. The van der Waals surface area contributed by atoms with Gasteiger partial charge in [-0.2, -0.15) is 0 Å². The lowest BCUT2D eigenvalue weighted by molar-refractivity contribution is -0.120. The first-order chi connectivity index (χ1) is 9.40. The van der Waals surface area contributed by atoms with Crippen LogP contribution in [0.25, 0.3) is 0 Å². The van der Waals surface area contributed by atoms with Crippen molar-refractivity contribution in [3.05, 3.63) is 34.9 Å².